The van der Waals surface area contributed by atoms with E-state index in [4.69, 9.17) is 9.84 Å². The molecule has 0 aromatic heterocycles. The summed E-state index contributed by atoms with van der Waals surface area (Å²) in [7, 11) is 0. The third kappa shape index (κ3) is 2.46. The van der Waals surface area contributed by atoms with E-state index in [9.17, 15) is 9.59 Å². The summed E-state index contributed by atoms with van der Waals surface area (Å²) >= 11 is 0. The van der Waals surface area contributed by atoms with E-state index in [1.165, 1.54) is 0 Å². The normalized spacial score (nSPS) is 30.2. The van der Waals surface area contributed by atoms with E-state index in [-0.39, 0.29) is 24.5 Å². The fraction of sp³-hybridized carbons (Fsp3) is 0.818. The number of amides is 1. The highest BCUT2D eigenvalue weighted by molar-refractivity contribution is 5.69. The van der Waals surface area contributed by atoms with Gasteiger partial charge in [0.2, 0.25) is 0 Å². The molecule has 1 N–H and O–H groups in total. The molecule has 5 nitrogen and oxygen atoms in total. The molecule has 0 radical (unpaired) electrons. The molecule has 0 aromatic rings. The van der Waals surface area contributed by atoms with E-state index >= 15 is 0 Å². The molecule has 1 saturated carbocycles. The molecule has 16 heavy (non-hydrogen) atoms. The molecule has 2 fully saturated rings. The highest BCUT2D eigenvalue weighted by Crippen LogP contribution is 2.30. The molecule has 0 aromatic carbocycles. The number of rotatable bonds is 3. The Morgan fingerprint density at radius 3 is 2.56 bits per heavy atom. The Bertz CT molecular complexity index is 284. The second-order valence-corrected chi connectivity index (χ2v) is 4.58. The number of hydrogen-bond acceptors (Lipinski definition) is 3. The molecule has 2 rings (SSSR count). The van der Waals surface area contributed by atoms with Gasteiger partial charge in [0.25, 0.3) is 0 Å². The van der Waals surface area contributed by atoms with Crippen molar-refractivity contribution in [3.63, 3.8) is 0 Å². The van der Waals surface area contributed by atoms with Gasteiger partial charge in [0.15, 0.2) is 0 Å². The molecule has 2 aliphatic rings. The van der Waals surface area contributed by atoms with E-state index in [1.807, 2.05) is 0 Å². The molecule has 0 spiro atoms. The Kier molecular flexibility index (Phi) is 3.31. The molecule has 0 bridgehead atoms. The summed E-state index contributed by atoms with van der Waals surface area (Å²) in [5, 5.41) is 8.70. The van der Waals surface area contributed by atoms with Crippen molar-refractivity contribution < 1.29 is 19.4 Å². The van der Waals surface area contributed by atoms with E-state index in [1.54, 1.807) is 4.90 Å². The zero-order valence-electron chi connectivity index (χ0n) is 9.22. The van der Waals surface area contributed by atoms with Crippen LogP contribution in [-0.4, -0.2) is 41.3 Å². The summed E-state index contributed by atoms with van der Waals surface area (Å²) in [4.78, 5) is 23.7. The van der Waals surface area contributed by atoms with Crippen LogP contribution in [-0.2, 0) is 9.53 Å². The summed E-state index contributed by atoms with van der Waals surface area (Å²) in [5.41, 5.74) is 0. The SMILES string of the molecule is O=C(O)C[C@H]1CC[C@H](N2CCOC2=O)CC1. The smallest absolute Gasteiger partial charge is 0.410 e. The fourth-order valence-corrected chi connectivity index (χ4v) is 2.64. The molecule has 1 heterocycles. The maximum Gasteiger partial charge on any atom is 0.410 e. The monoisotopic (exact) mass is 227 g/mol. The van der Waals surface area contributed by atoms with Crippen LogP contribution in [0.25, 0.3) is 0 Å². The van der Waals surface area contributed by atoms with Crippen molar-refractivity contribution in [1.29, 1.82) is 0 Å². The number of hydrogen-bond donors (Lipinski definition) is 1. The molecule has 1 aliphatic heterocycles. The number of carbonyl (C=O) groups excluding carboxylic acids is 1. The zero-order chi connectivity index (χ0) is 11.5. The first-order valence-electron chi connectivity index (χ1n) is 5.82. The maximum absolute atomic E-state index is 11.3. The molecule has 1 amide bonds. The van der Waals surface area contributed by atoms with Gasteiger partial charge in [-0.3, -0.25) is 4.79 Å². The quantitative estimate of drug-likeness (QED) is 0.792. The van der Waals surface area contributed by atoms with Crippen molar-refractivity contribution >= 4 is 12.1 Å². The first-order valence-corrected chi connectivity index (χ1v) is 5.82. The molecular weight excluding hydrogens is 210 g/mol. The standard InChI is InChI=1S/C11H17NO4/c13-10(14)7-8-1-3-9(4-2-8)12-5-6-16-11(12)15/h8-9H,1-7H2,(H,13,14)/t8-,9-. The number of carboxylic acids is 1. The van der Waals surface area contributed by atoms with Crippen LogP contribution in [0.2, 0.25) is 0 Å². The van der Waals surface area contributed by atoms with Crippen molar-refractivity contribution in [2.24, 2.45) is 5.92 Å². The van der Waals surface area contributed by atoms with Gasteiger partial charge >= 0.3 is 12.1 Å². The predicted octanol–water partition coefficient (Wildman–Crippen LogP) is 1.47. The Balaban J connectivity index is 1.80. The average molecular weight is 227 g/mol. The first kappa shape index (κ1) is 11.2. The molecule has 90 valence electrons. The van der Waals surface area contributed by atoms with Gasteiger partial charge in [-0.2, -0.15) is 0 Å². The summed E-state index contributed by atoms with van der Waals surface area (Å²) in [6.07, 6.45) is 3.68. The van der Waals surface area contributed by atoms with Crippen LogP contribution in [0.15, 0.2) is 0 Å². The lowest BCUT2D eigenvalue weighted by Crippen LogP contribution is -2.38. The van der Waals surface area contributed by atoms with Crippen LogP contribution in [0.5, 0.6) is 0 Å². The van der Waals surface area contributed by atoms with Crippen molar-refractivity contribution in [3.8, 4) is 0 Å². The second kappa shape index (κ2) is 4.72. The molecule has 0 unspecified atom stereocenters. The van der Waals surface area contributed by atoms with Gasteiger partial charge in [0, 0.05) is 12.5 Å². The number of ether oxygens (including phenoxy) is 1. The number of nitrogens with zero attached hydrogens (tertiary/aromatic N) is 1. The van der Waals surface area contributed by atoms with Gasteiger partial charge in [-0.05, 0) is 31.6 Å². The molecular formula is C11H17NO4. The number of cyclic esters (lactones) is 1. The summed E-state index contributed by atoms with van der Waals surface area (Å²) in [6, 6.07) is 0.264. The lowest BCUT2D eigenvalue weighted by molar-refractivity contribution is -0.138. The minimum atomic E-state index is -0.718. The Morgan fingerprint density at radius 2 is 2.06 bits per heavy atom. The van der Waals surface area contributed by atoms with E-state index < -0.39 is 5.97 Å². The molecule has 1 aliphatic carbocycles. The van der Waals surface area contributed by atoms with Crippen LogP contribution < -0.4 is 0 Å². The Morgan fingerprint density at radius 1 is 1.38 bits per heavy atom. The first-order chi connectivity index (χ1) is 7.66. The second-order valence-electron chi connectivity index (χ2n) is 4.58. The van der Waals surface area contributed by atoms with Crippen molar-refractivity contribution in [2.45, 2.75) is 38.1 Å². The number of carbonyl (C=O) groups is 2. The summed E-state index contributed by atoms with van der Waals surface area (Å²) in [6.45, 7) is 1.18. The van der Waals surface area contributed by atoms with Crippen LogP contribution in [0.1, 0.15) is 32.1 Å². The summed E-state index contributed by atoms with van der Waals surface area (Å²) in [5.74, 6) is -0.434. The summed E-state index contributed by atoms with van der Waals surface area (Å²) < 4.78 is 4.90. The molecule has 0 atom stereocenters. The lowest BCUT2D eigenvalue weighted by Gasteiger charge is -2.32. The minimum Gasteiger partial charge on any atom is -0.481 e. The van der Waals surface area contributed by atoms with Gasteiger partial charge in [0.05, 0.1) is 6.54 Å². The van der Waals surface area contributed by atoms with Crippen LogP contribution in [0.3, 0.4) is 0 Å². The van der Waals surface area contributed by atoms with Gasteiger partial charge in [-0.15, -0.1) is 0 Å². The maximum atomic E-state index is 11.3. The van der Waals surface area contributed by atoms with Gasteiger partial charge in [-0.1, -0.05) is 0 Å². The number of aliphatic carboxylic acids is 1. The fourth-order valence-electron chi connectivity index (χ4n) is 2.64. The number of carboxylic acid groups (broad SMARTS) is 1. The Labute approximate surface area is 94.4 Å². The molecule has 1 saturated heterocycles. The predicted molar refractivity (Wildman–Crippen MR) is 56.1 cm³/mol. The third-order valence-electron chi connectivity index (χ3n) is 3.51. The van der Waals surface area contributed by atoms with Crippen molar-refractivity contribution in [2.75, 3.05) is 13.2 Å². The van der Waals surface area contributed by atoms with E-state index in [0.29, 0.717) is 13.2 Å². The largest absolute Gasteiger partial charge is 0.481 e. The van der Waals surface area contributed by atoms with E-state index in [2.05, 4.69) is 0 Å². The zero-order valence-corrected chi connectivity index (χ0v) is 9.22. The molecule has 5 heteroatoms. The lowest BCUT2D eigenvalue weighted by atomic mass is 9.83. The van der Waals surface area contributed by atoms with E-state index in [0.717, 1.165) is 25.7 Å². The van der Waals surface area contributed by atoms with Gasteiger partial charge in [0.1, 0.15) is 6.61 Å². The minimum absolute atomic E-state index is 0.207. The highest BCUT2D eigenvalue weighted by Gasteiger charge is 2.33. The van der Waals surface area contributed by atoms with Crippen LogP contribution >= 0.6 is 0 Å². The van der Waals surface area contributed by atoms with Gasteiger partial charge < -0.3 is 14.7 Å². The Hall–Kier alpha value is -1.26. The van der Waals surface area contributed by atoms with Gasteiger partial charge in [-0.25, -0.2) is 4.79 Å². The topological polar surface area (TPSA) is 66.8 Å². The third-order valence-corrected chi connectivity index (χ3v) is 3.51. The van der Waals surface area contributed by atoms with Crippen LogP contribution in [0.4, 0.5) is 4.79 Å². The van der Waals surface area contributed by atoms with Crippen molar-refractivity contribution in [1.82, 2.24) is 4.90 Å². The van der Waals surface area contributed by atoms with Crippen LogP contribution in [0, 0.1) is 5.92 Å². The van der Waals surface area contributed by atoms with Crippen molar-refractivity contribution in [3.05, 3.63) is 0 Å². The highest BCUT2D eigenvalue weighted by atomic mass is 16.6. The average Bonchev–Trinajstić information content (AvgIpc) is 2.65.